The highest BCUT2D eigenvalue weighted by Gasteiger charge is 2.31. The number of ether oxygens (including phenoxy) is 1. The summed E-state index contributed by atoms with van der Waals surface area (Å²) in [7, 11) is -2.93. The molecular formula is C20H18F3N3O3S. The van der Waals surface area contributed by atoms with Crippen molar-refractivity contribution in [2.24, 2.45) is 0 Å². The molecule has 2 aromatic carbocycles. The summed E-state index contributed by atoms with van der Waals surface area (Å²) >= 11 is 0. The smallest absolute Gasteiger partial charge is 0.406 e. The Labute approximate surface area is 171 Å². The van der Waals surface area contributed by atoms with Crippen LogP contribution in [0.5, 0.6) is 5.75 Å². The molecule has 0 saturated carbocycles. The highest BCUT2D eigenvalue weighted by atomic mass is 32.2. The van der Waals surface area contributed by atoms with Crippen LogP contribution in [0.2, 0.25) is 0 Å². The summed E-state index contributed by atoms with van der Waals surface area (Å²) in [5, 5.41) is 4.27. The lowest BCUT2D eigenvalue weighted by atomic mass is 10.1. The number of halogens is 3. The zero-order chi connectivity index (χ0) is 21.4. The highest BCUT2D eigenvalue weighted by Crippen LogP contribution is 2.26. The number of nitrogens with zero attached hydrogens (tertiary/aromatic N) is 3. The zero-order valence-corrected chi connectivity index (χ0v) is 16.5. The second-order valence-electron chi connectivity index (χ2n) is 6.90. The molecule has 4 rings (SSSR count). The van der Waals surface area contributed by atoms with E-state index in [-0.39, 0.29) is 17.3 Å². The third-order valence-electron chi connectivity index (χ3n) is 4.83. The molecule has 0 amide bonds. The second kappa shape index (κ2) is 7.67. The molecule has 1 aromatic heterocycles. The average Bonchev–Trinajstić information content (AvgIpc) is 3.18. The number of alkyl halides is 3. The van der Waals surface area contributed by atoms with E-state index in [1.807, 2.05) is 29.2 Å². The van der Waals surface area contributed by atoms with E-state index in [4.69, 9.17) is 0 Å². The Hall–Kier alpha value is -3.01. The maximum absolute atomic E-state index is 12.3. The molecule has 3 aromatic rings. The lowest BCUT2D eigenvalue weighted by Crippen LogP contribution is -2.40. The minimum Gasteiger partial charge on any atom is -0.406 e. The summed E-state index contributed by atoms with van der Waals surface area (Å²) in [5.74, 6) is 0.0302. The fraction of sp³-hybridized carbons (Fsp3) is 0.250. The number of hydrogen-bond acceptors (Lipinski definition) is 5. The number of sulfone groups is 1. The third-order valence-corrected chi connectivity index (χ3v) is 6.44. The van der Waals surface area contributed by atoms with Gasteiger partial charge in [-0.1, -0.05) is 12.1 Å². The van der Waals surface area contributed by atoms with Gasteiger partial charge >= 0.3 is 6.36 Å². The standard InChI is InChI=1S/C20H18F3N3O3S/c21-20(22,23)29-19-7-5-18(6-8-19)26-14-16(13-24-26)15-1-3-17(4-2-15)25-9-11-30(27,28)12-10-25/h1-8,13-14H,9-12H2. The van der Waals surface area contributed by atoms with Crippen molar-refractivity contribution in [3.05, 3.63) is 60.9 Å². The Morgan fingerprint density at radius 3 is 2.07 bits per heavy atom. The molecule has 10 heteroatoms. The molecule has 1 aliphatic heterocycles. The number of rotatable bonds is 4. The molecule has 0 aliphatic carbocycles. The number of hydrogen-bond donors (Lipinski definition) is 0. The quantitative estimate of drug-likeness (QED) is 0.623. The van der Waals surface area contributed by atoms with E-state index < -0.39 is 16.2 Å². The van der Waals surface area contributed by atoms with Gasteiger partial charge in [0.2, 0.25) is 0 Å². The van der Waals surface area contributed by atoms with Gasteiger partial charge in [0.25, 0.3) is 0 Å². The fourth-order valence-electron chi connectivity index (χ4n) is 3.25. The van der Waals surface area contributed by atoms with Crippen molar-refractivity contribution < 1.29 is 26.3 Å². The molecule has 0 spiro atoms. The van der Waals surface area contributed by atoms with E-state index in [1.54, 1.807) is 17.1 Å². The maximum Gasteiger partial charge on any atom is 0.573 e. The van der Waals surface area contributed by atoms with Crippen molar-refractivity contribution in [3.63, 3.8) is 0 Å². The third kappa shape index (κ3) is 4.76. The molecule has 1 fully saturated rings. The second-order valence-corrected chi connectivity index (χ2v) is 9.20. The van der Waals surface area contributed by atoms with Gasteiger partial charge < -0.3 is 9.64 Å². The van der Waals surface area contributed by atoms with Crippen LogP contribution in [0.1, 0.15) is 0 Å². The molecule has 0 atom stereocenters. The van der Waals surface area contributed by atoms with Crippen LogP contribution in [-0.2, 0) is 9.84 Å². The van der Waals surface area contributed by atoms with Gasteiger partial charge in [-0.3, -0.25) is 0 Å². The molecular weight excluding hydrogens is 419 g/mol. The van der Waals surface area contributed by atoms with Crippen LogP contribution in [0.25, 0.3) is 16.8 Å². The van der Waals surface area contributed by atoms with Crippen molar-refractivity contribution in [1.82, 2.24) is 9.78 Å². The van der Waals surface area contributed by atoms with Gasteiger partial charge in [-0.2, -0.15) is 5.10 Å². The lowest BCUT2D eigenvalue weighted by Gasteiger charge is -2.28. The summed E-state index contributed by atoms with van der Waals surface area (Å²) in [6.07, 6.45) is -1.28. The van der Waals surface area contributed by atoms with Gasteiger partial charge in [0, 0.05) is 30.5 Å². The fourth-order valence-corrected chi connectivity index (χ4v) is 4.45. The maximum atomic E-state index is 12.3. The van der Waals surface area contributed by atoms with Crippen molar-refractivity contribution >= 4 is 15.5 Å². The summed E-state index contributed by atoms with van der Waals surface area (Å²) in [5.41, 5.74) is 3.33. The van der Waals surface area contributed by atoms with E-state index in [9.17, 15) is 21.6 Å². The molecule has 1 saturated heterocycles. The van der Waals surface area contributed by atoms with Gasteiger partial charge in [-0.05, 0) is 42.0 Å². The molecule has 0 radical (unpaired) electrons. The molecule has 0 unspecified atom stereocenters. The topological polar surface area (TPSA) is 64.4 Å². The van der Waals surface area contributed by atoms with E-state index >= 15 is 0 Å². The SMILES string of the molecule is O=S1(=O)CCN(c2ccc(-c3cnn(-c4ccc(OC(F)(F)F)cc4)c3)cc2)CC1. The van der Waals surface area contributed by atoms with Crippen molar-refractivity contribution in [1.29, 1.82) is 0 Å². The van der Waals surface area contributed by atoms with Gasteiger partial charge in [0.05, 0.1) is 23.4 Å². The first-order chi connectivity index (χ1) is 14.2. The predicted octanol–water partition coefficient (Wildman–Crippen LogP) is 3.67. The van der Waals surface area contributed by atoms with E-state index in [0.717, 1.165) is 16.8 Å². The molecule has 0 N–H and O–H groups in total. The van der Waals surface area contributed by atoms with Gasteiger partial charge in [0.1, 0.15) is 5.75 Å². The van der Waals surface area contributed by atoms with Crippen LogP contribution in [0, 0.1) is 0 Å². The Kier molecular flexibility index (Phi) is 5.19. The number of anilines is 1. The Morgan fingerprint density at radius 1 is 0.867 bits per heavy atom. The summed E-state index contributed by atoms with van der Waals surface area (Å²) in [4.78, 5) is 2.04. The van der Waals surface area contributed by atoms with Crippen molar-refractivity contribution in [3.8, 4) is 22.6 Å². The van der Waals surface area contributed by atoms with Crippen LogP contribution < -0.4 is 9.64 Å². The van der Waals surface area contributed by atoms with Crippen LogP contribution in [0.4, 0.5) is 18.9 Å². The molecule has 30 heavy (non-hydrogen) atoms. The lowest BCUT2D eigenvalue weighted by molar-refractivity contribution is -0.274. The molecule has 2 heterocycles. The van der Waals surface area contributed by atoms with Crippen LogP contribution in [-0.4, -0.2) is 49.2 Å². The van der Waals surface area contributed by atoms with Crippen molar-refractivity contribution in [2.45, 2.75) is 6.36 Å². The Bertz CT molecular complexity index is 1110. The number of aromatic nitrogens is 2. The minimum atomic E-state index is -4.73. The molecule has 158 valence electrons. The van der Waals surface area contributed by atoms with Gasteiger partial charge in [-0.25, -0.2) is 13.1 Å². The Morgan fingerprint density at radius 2 is 1.47 bits per heavy atom. The average molecular weight is 437 g/mol. The molecule has 6 nitrogen and oxygen atoms in total. The van der Waals surface area contributed by atoms with Crippen molar-refractivity contribution in [2.75, 3.05) is 29.5 Å². The van der Waals surface area contributed by atoms with E-state index in [0.29, 0.717) is 18.8 Å². The van der Waals surface area contributed by atoms with Gasteiger partial charge in [-0.15, -0.1) is 13.2 Å². The molecule has 1 aliphatic rings. The highest BCUT2D eigenvalue weighted by molar-refractivity contribution is 7.91. The van der Waals surface area contributed by atoms with Gasteiger partial charge in [0.15, 0.2) is 9.84 Å². The summed E-state index contributed by atoms with van der Waals surface area (Å²) < 4.78 is 65.4. The van der Waals surface area contributed by atoms with E-state index in [2.05, 4.69) is 9.84 Å². The molecule has 0 bridgehead atoms. The summed E-state index contributed by atoms with van der Waals surface area (Å²) in [6.45, 7) is 0.960. The predicted molar refractivity (Wildman–Crippen MR) is 107 cm³/mol. The Balaban J connectivity index is 1.46. The first-order valence-corrected chi connectivity index (χ1v) is 11.0. The largest absolute Gasteiger partial charge is 0.573 e. The van der Waals surface area contributed by atoms with Crippen LogP contribution in [0.15, 0.2) is 60.9 Å². The van der Waals surface area contributed by atoms with Crippen LogP contribution >= 0.6 is 0 Å². The van der Waals surface area contributed by atoms with E-state index in [1.165, 1.54) is 24.3 Å². The monoisotopic (exact) mass is 437 g/mol. The number of benzene rings is 2. The summed E-state index contributed by atoms with van der Waals surface area (Å²) in [6, 6.07) is 13.2. The first kappa shape index (κ1) is 20.3. The first-order valence-electron chi connectivity index (χ1n) is 9.15. The minimum absolute atomic E-state index is 0.161. The van der Waals surface area contributed by atoms with Crippen LogP contribution in [0.3, 0.4) is 0 Å². The normalized spacial score (nSPS) is 16.4. The zero-order valence-electron chi connectivity index (χ0n) is 15.7.